The Morgan fingerprint density at radius 2 is 1.79 bits per heavy atom. The maximum atomic E-state index is 12.9. The van der Waals surface area contributed by atoms with Crippen LogP contribution in [0.2, 0.25) is 0 Å². The van der Waals surface area contributed by atoms with Crippen molar-refractivity contribution in [2.75, 3.05) is 44.2 Å². The molecule has 0 amide bonds. The van der Waals surface area contributed by atoms with Gasteiger partial charge < -0.3 is 19.6 Å². The van der Waals surface area contributed by atoms with E-state index in [4.69, 9.17) is 4.74 Å². The highest BCUT2D eigenvalue weighted by Gasteiger charge is 2.31. The van der Waals surface area contributed by atoms with Gasteiger partial charge in [-0.15, -0.1) is 0 Å². The van der Waals surface area contributed by atoms with Gasteiger partial charge in [0.15, 0.2) is 0 Å². The third-order valence-corrected chi connectivity index (χ3v) is 5.00. The molecule has 0 saturated carbocycles. The summed E-state index contributed by atoms with van der Waals surface area (Å²) in [6.45, 7) is 5.62. The predicted octanol–water partition coefficient (Wildman–Crippen LogP) is 2.16. The van der Waals surface area contributed by atoms with Crippen LogP contribution in [0.25, 0.3) is 0 Å². The van der Waals surface area contributed by atoms with Gasteiger partial charge in [-0.3, -0.25) is 0 Å². The van der Waals surface area contributed by atoms with Crippen LogP contribution in [0, 0.1) is 6.92 Å². The van der Waals surface area contributed by atoms with Crippen molar-refractivity contribution in [3.05, 3.63) is 59.7 Å². The number of rotatable bonds is 6. The number of hydrogen-bond donors (Lipinski definition) is 2. The number of ether oxygens (including phenoxy) is 1. The summed E-state index contributed by atoms with van der Waals surface area (Å²) in [6.07, 6.45) is -4.92. The molecule has 0 bridgehead atoms. The van der Waals surface area contributed by atoms with Crippen LogP contribution in [-0.2, 0) is 6.18 Å². The van der Waals surface area contributed by atoms with Gasteiger partial charge >= 0.3 is 6.18 Å². The van der Waals surface area contributed by atoms with E-state index in [0.717, 1.165) is 30.5 Å². The number of aliphatic hydroxyl groups is 1. The van der Waals surface area contributed by atoms with Crippen LogP contribution >= 0.6 is 0 Å². The molecular weight excluding hydrogens is 369 g/mol. The molecule has 0 aromatic heterocycles. The first-order chi connectivity index (χ1) is 13.3. The first-order valence-corrected chi connectivity index (χ1v) is 9.44. The molecular formula is C21H26F3N2O2+. The zero-order chi connectivity index (χ0) is 20.1. The molecule has 0 unspecified atom stereocenters. The Bertz CT molecular complexity index is 757. The Morgan fingerprint density at radius 3 is 2.43 bits per heavy atom. The molecule has 1 aliphatic heterocycles. The van der Waals surface area contributed by atoms with Crippen molar-refractivity contribution in [3.63, 3.8) is 0 Å². The molecule has 2 aromatic carbocycles. The number of alkyl halides is 3. The Labute approximate surface area is 163 Å². The lowest BCUT2D eigenvalue weighted by Gasteiger charge is -2.34. The van der Waals surface area contributed by atoms with E-state index in [-0.39, 0.29) is 6.61 Å². The second kappa shape index (κ2) is 8.84. The molecule has 7 heteroatoms. The number of hydrogen-bond acceptors (Lipinski definition) is 3. The van der Waals surface area contributed by atoms with Crippen LogP contribution in [0.4, 0.5) is 18.9 Å². The highest BCUT2D eigenvalue weighted by molar-refractivity contribution is 5.49. The van der Waals surface area contributed by atoms with E-state index in [1.54, 1.807) is 6.07 Å². The van der Waals surface area contributed by atoms with Gasteiger partial charge in [0, 0.05) is 5.69 Å². The van der Waals surface area contributed by atoms with E-state index in [0.29, 0.717) is 25.3 Å². The smallest absolute Gasteiger partial charge is 0.416 e. The monoisotopic (exact) mass is 395 g/mol. The highest BCUT2D eigenvalue weighted by atomic mass is 19.4. The SMILES string of the molecule is Cc1ccc(OC[C@@H](O)C[NH+]2CCN(c3cccc(C(F)(F)F)c3)CC2)cc1. The fourth-order valence-corrected chi connectivity index (χ4v) is 3.38. The lowest BCUT2D eigenvalue weighted by molar-refractivity contribution is -0.903. The summed E-state index contributed by atoms with van der Waals surface area (Å²) in [6, 6.07) is 13.1. The van der Waals surface area contributed by atoms with Crippen LogP contribution < -0.4 is 14.5 Å². The quantitative estimate of drug-likeness (QED) is 0.787. The molecule has 1 saturated heterocycles. The number of nitrogens with one attached hydrogen (secondary N) is 1. The van der Waals surface area contributed by atoms with Crippen molar-refractivity contribution in [1.29, 1.82) is 0 Å². The molecule has 0 aliphatic carbocycles. The van der Waals surface area contributed by atoms with Crippen LogP contribution in [0.3, 0.4) is 0 Å². The molecule has 1 fully saturated rings. The summed E-state index contributed by atoms with van der Waals surface area (Å²) in [5, 5.41) is 10.2. The molecule has 3 rings (SSSR count). The topological polar surface area (TPSA) is 37.1 Å². The summed E-state index contributed by atoms with van der Waals surface area (Å²) < 4.78 is 44.3. The average Bonchev–Trinajstić information content (AvgIpc) is 2.68. The molecule has 1 heterocycles. The fourth-order valence-electron chi connectivity index (χ4n) is 3.38. The number of quaternary nitrogens is 1. The Kier molecular flexibility index (Phi) is 6.46. The third kappa shape index (κ3) is 5.62. The van der Waals surface area contributed by atoms with Crippen molar-refractivity contribution in [2.45, 2.75) is 19.2 Å². The first-order valence-electron chi connectivity index (χ1n) is 9.44. The summed E-state index contributed by atoms with van der Waals surface area (Å²) >= 11 is 0. The van der Waals surface area contributed by atoms with Crippen molar-refractivity contribution in [1.82, 2.24) is 0 Å². The second-order valence-corrected chi connectivity index (χ2v) is 7.27. The van der Waals surface area contributed by atoms with Gasteiger partial charge in [-0.25, -0.2) is 0 Å². The minimum absolute atomic E-state index is 0.226. The summed E-state index contributed by atoms with van der Waals surface area (Å²) in [4.78, 5) is 3.19. The maximum absolute atomic E-state index is 12.9. The van der Waals surface area contributed by atoms with E-state index in [1.165, 1.54) is 17.0 Å². The number of aryl methyl sites for hydroxylation is 1. The number of aliphatic hydroxyl groups excluding tert-OH is 1. The van der Waals surface area contributed by atoms with Crippen LogP contribution in [-0.4, -0.2) is 50.5 Å². The number of benzene rings is 2. The largest absolute Gasteiger partial charge is 0.491 e. The van der Waals surface area contributed by atoms with E-state index in [9.17, 15) is 18.3 Å². The molecule has 2 N–H and O–H groups in total. The molecule has 2 aromatic rings. The standard InChI is InChI=1S/C21H25F3N2O2/c1-16-5-7-20(8-6-16)28-15-19(27)14-25-9-11-26(12-10-25)18-4-2-3-17(13-18)21(22,23)24/h2-8,13,19,27H,9-12,14-15H2,1H3/p+1/t19-/m0/s1. The van der Waals surface area contributed by atoms with Crippen LogP contribution in [0.5, 0.6) is 5.75 Å². The van der Waals surface area contributed by atoms with E-state index in [1.807, 2.05) is 36.1 Å². The van der Waals surface area contributed by atoms with Gasteiger partial charge in [-0.1, -0.05) is 23.8 Å². The first kappa shape index (κ1) is 20.5. The summed E-state index contributed by atoms with van der Waals surface area (Å²) in [5.74, 6) is 0.731. The number of nitrogens with zero attached hydrogens (tertiary/aromatic N) is 1. The Morgan fingerprint density at radius 1 is 1.11 bits per heavy atom. The highest BCUT2D eigenvalue weighted by Crippen LogP contribution is 2.31. The second-order valence-electron chi connectivity index (χ2n) is 7.27. The zero-order valence-electron chi connectivity index (χ0n) is 15.9. The van der Waals surface area contributed by atoms with Gasteiger partial charge in [0.1, 0.15) is 25.0 Å². The van der Waals surface area contributed by atoms with Gasteiger partial charge in [0.2, 0.25) is 0 Å². The fraction of sp³-hybridized carbons (Fsp3) is 0.429. The number of halogens is 3. The zero-order valence-corrected chi connectivity index (χ0v) is 15.9. The third-order valence-electron chi connectivity index (χ3n) is 5.00. The van der Waals surface area contributed by atoms with Gasteiger partial charge in [0.05, 0.1) is 31.7 Å². The van der Waals surface area contributed by atoms with Crippen molar-refractivity contribution in [3.8, 4) is 5.75 Å². The molecule has 28 heavy (non-hydrogen) atoms. The average molecular weight is 395 g/mol. The van der Waals surface area contributed by atoms with Crippen molar-refractivity contribution in [2.24, 2.45) is 0 Å². The lowest BCUT2D eigenvalue weighted by Crippen LogP contribution is -3.16. The lowest BCUT2D eigenvalue weighted by atomic mass is 10.1. The van der Waals surface area contributed by atoms with E-state index >= 15 is 0 Å². The summed E-state index contributed by atoms with van der Waals surface area (Å²) in [5.41, 5.74) is 1.12. The summed E-state index contributed by atoms with van der Waals surface area (Å²) in [7, 11) is 0. The molecule has 0 spiro atoms. The molecule has 1 aliphatic rings. The maximum Gasteiger partial charge on any atom is 0.416 e. The van der Waals surface area contributed by atoms with Crippen molar-refractivity contribution < 1.29 is 27.9 Å². The van der Waals surface area contributed by atoms with Gasteiger partial charge in [-0.05, 0) is 37.3 Å². The molecule has 0 radical (unpaired) electrons. The molecule has 4 nitrogen and oxygen atoms in total. The Balaban J connectivity index is 1.45. The van der Waals surface area contributed by atoms with Crippen molar-refractivity contribution >= 4 is 5.69 Å². The van der Waals surface area contributed by atoms with E-state index < -0.39 is 17.8 Å². The molecule has 1 atom stereocenters. The molecule has 152 valence electrons. The predicted molar refractivity (Wildman–Crippen MR) is 102 cm³/mol. The minimum Gasteiger partial charge on any atom is -0.491 e. The Hall–Kier alpha value is -2.25. The normalized spacial score (nSPS) is 16.8. The van der Waals surface area contributed by atoms with Crippen LogP contribution in [0.15, 0.2) is 48.5 Å². The number of anilines is 1. The van der Waals surface area contributed by atoms with Gasteiger partial charge in [-0.2, -0.15) is 13.2 Å². The van der Waals surface area contributed by atoms with Crippen LogP contribution in [0.1, 0.15) is 11.1 Å². The minimum atomic E-state index is -4.33. The van der Waals surface area contributed by atoms with E-state index in [2.05, 4.69) is 0 Å². The van der Waals surface area contributed by atoms with Gasteiger partial charge in [0.25, 0.3) is 0 Å². The number of piperazine rings is 1.